The summed E-state index contributed by atoms with van der Waals surface area (Å²) in [5.41, 5.74) is 3.85. The van der Waals surface area contributed by atoms with Gasteiger partial charge in [-0.05, 0) is 73.0 Å². The van der Waals surface area contributed by atoms with Gasteiger partial charge in [0.15, 0.2) is 0 Å². The Kier molecular flexibility index (Phi) is 6.11. The van der Waals surface area contributed by atoms with E-state index in [1.807, 2.05) is 38.1 Å². The highest BCUT2D eigenvalue weighted by molar-refractivity contribution is 9.10. The van der Waals surface area contributed by atoms with Gasteiger partial charge in [0.25, 0.3) is 0 Å². The van der Waals surface area contributed by atoms with E-state index in [-0.39, 0.29) is 11.4 Å². The number of hydrogen-bond acceptors (Lipinski definition) is 5. The van der Waals surface area contributed by atoms with Crippen molar-refractivity contribution in [2.45, 2.75) is 25.3 Å². The summed E-state index contributed by atoms with van der Waals surface area (Å²) in [6.07, 6.45) is 0. The summed E-state index contributed by atoms with van der Waals surface area (Å²) >= 11 is 3.47. The topological polar surface area (TPSA) is 71.5 Å². The summed E-state index contributed by atoms with van der Waals surface area (Å²) in [5.74, 6) is 0.890. The van der Waals surface area contributed by atoms with Crippen LogP contribution in [0.3, 0.4) is 0 Å². The molecule has 1 aliphatic heterocycles. The average Bonchev–Trinajstić information content (AvgIpc) is 2.72. The van der Waals surface area contributed by atoms with Crippen LogP contribution in [0.25, 0.3) is 10.9 Å². The van der Waals surface area contributed by atoms with Gasteiger partial charge in [-0.15, -0.1) is 0 Å². The third-order valence-corrected chi connectivity index (χ3v) is 7.25. The molecule has 2 heterocycles. The van der Waals surface area contributed by atoms with Gasteiger partial charge in [0.05, 0.1) is 23.6 Å². The number of nitrogens with one attached hydrogen (secondary N) is 1. The van der Waals surface area contributed by atoms with E-state index in [0.717, 1.165) is 51.0 Å². The van der Waals surface area contributed by atoms with Crippen LogP contribution in [0.5, 0.6) is 0 Å². The van der Waals surface area contributed by atoms with Crippen molar-refractivity contribution < 1.29 is 13.2 Å². The molecule has 0 aliphatic carbocycles. The van der Waals surface area contributed by atoms with E-state index < -0.39 is 10.0 Å². The first-order chi connectivity index (χ1) is 14.3. The van der Waals surface area contributed by atoms with Crippen LogP contribution >= 0.6 is 15.9 Å². The maximum atomic E-state index is 12.9. The van der Waals surface area contributed by atoms with Gasteiger partial charge in [0, 0.05) is 29.5 Å². The van der Waals surface area contributed by atoms with Crippen molar-refractivity contribution in [2.75, 3.05) is 31.2 Å². The molecule has 158 valence electrons. The first-order valence-corrected chi connectivity index (χ1v) is 12.1. The molecule has 0 unspecified atom stereocenters. The van der Waals surface area contributed by atoms with Crippen LogP contribution < -0.4 is 9.62 Å². The summed E-state index contributed by atoms with van der Waals surface area (Å²) in [6, 6.07) is 12.9. The molecule has 6 nitrogen and oxygen atoms in total. The molecule has 2 aromatic carbocycles. The fourth-order valence-corrected chi connectivity index (χ4v) is 5.42. The third-order valence-electron chi connectivity index (χ3n) is 5.39. The monoisotopic (exact) mass is 489 g/mol. The molecule has 0 spiro atoms. The predicted molar refractivity (Wildman–Crippen MR) is 122 cm³/mol. The van der Waals surface area contributed by atoms with E-state index in [1.54, 1.807) is 18.2 Å². The van der Waals surface area contributed by atoms with Crippen molar-refractivity contribution >= 4 is 42.7 Å². The minimum absolute atomic E-state index is 0.239. The molecule has 0 bridgehead atoms. The zero-order valence-corrected chi connectivity index (χ0v) is 19.4. The molecule has 0 atom stereocenters. The molecule has 4 rings (SSSR count). The molecular weight excluding hydrogens is 466 g/mol. The highest BCUT2D eigenvalue weighted by atomic mass is 79.9. The lowest BCUT2D eigenvalue weighted by molar-refractivity contribution is 0.122. The van der Waals surface area contributed by atoms with Crippen LogP contribution in [0.1, 0.15) is 16.7 Å². The second kappa shape index (κ2) is 8.63. The fourth-order valence-electron chi connectivity index (χ4n) is 3.70. The lowest BCUT2D eigenvalue weighted by Gasteiger charge is -2.27. The smallest absolute Gasteiger partial charge is 0.240 e. The Morgan fingerprint density at radius 1 is 1.07 bits per heavy atom. The highest BCUT2D eigenvalue weighted by Crippen LogP contribution is 2.24. The van der Waals surface area contributed by atoms with Crippen LogP contribution in [-0.2, 0) is 21.3 Å². The summed E-state index contributed by atoms with van der Waals surface area (Å²) in [5, 5.41) is 0.797. The van der Waals surface area contributed by atoms with Crippen LogP contribution in [0.2, 0.25) is 0 Å². The molecule has 0 radical (unpaired) electrons. The Bertz CT molecular complexity index is 1170. The van der Waals surface area contributed by atoms with Gasteiger partial charge in [-0.3, -0.25) is 0 Å². The third kappa shape index (κ3) is 4.51. The first-order valence-electron chi connectivity index (χ1n) is 9.82. The second-order valence-corrected chi connectivity index (χ2v) is 10.1. The summed E-state index contributed by atoms with van der Waals surface area (Å²) in [6.45, 7) is 7.22. The number of morpholine rings is 1. The van der Waals surface area contributed by atoms with Crippen molar-refractivity contribution in [3.05, 3.63) is 63.6 Å². The van der Waals surface area contributed by atoms with Gasteiger partial charge in [0.1, 0.15) is 5.82 Å². The van der Waals surface area contributed by atoms with Crippen molar-refractivity contribution in [2.24, 2.45) is 0 Å². The van der Waals surface area contributed by atoms with Gasteiger partial charge in [-0.1, -0.05) is 15.9 Å². The molecule has 0 amide bonds. The largest absolute Gasteiger partial charge is 0.378 e. The average molecular weight is 490 g/mol. The molecule has 30 heavy (non-hydrogen) atoms. The van der Waals surface area contributed by atoms with Crippen molar-refractivity contribution in [1.82, 2.24) is 9.71 Å². The minimum atomic E-state index is -3.64. The molecule has 1 aromatic heterocycles. The summed E-state index contributed by atoms with van der Waals surface area (Å²) < 4.78 is 34.9. The number of fused-ring (bicyclic) bond motifs is 1. The molecule has 0 saturated carbocycles. The quantitative estimate of drug-likeness (QED) is 0.587. The van der Waals surface area contributed by atoms with Gasteiger partial charge in [-0.2, -0.15) is 0 Å². The van der Waals surface area contributed by atoms with E-state index >= 15 is 0 Å². The number of rotatable bonds is 5. The number of halogens is 1. The predicted octanol–water partition coefficient (Wildman–Crippen LogP) is 3.93. The number of aryl methyl sites for hydroxylation is 2. The Labute approximate surface area is 185 Å². The highest BCUT2D eigenvalue weighted by Gasteiger charge is 2.17. The Balaban J connectivity index is 1.56. The van der Waals surface area contributed by atoms with Crippen LogP contribution in [0.4, 0.5) is 5.82 Å². The summed E-state index contributed by atoms with van der Waals surface area (Å²) in [7, 11) is -3.64. The molecular formula is C22H24BrN3O3S. The molecule has 3 aromatic rings. The Hall–Kier alpha value is -2.00. The van der Waals surface area contributed by atoms with E-state index in [9.17, 15) is 8.42 Å². The van der Waals surface area contributed by atoms with Crippen LogP contribution in [-0.4, -0.2) is 39.7 Å². The number of ether oxygens (including phenoxy) is 1. The minimum Gasteiger partial charge on any atom is -0.378 e. The van der Waals surface area contributed by atoms with Crippen molar-refractivity contribution in [3.8, 4) is 0 Å². The van der Waals surface area contributed by atoms with Gasteiger partial charge >= 0.3 is 0 Å². The second-order valence-electron chi connectivity index (χ2n) is 7.47. The Morgan fingerprint density at radius 2 is 1.77 bits per heavy atom. The van der Waals surface area contributed by atoms with Gasteiger partial charge < -0.3 is 9.64 Å². The van der Waals surface area contributed by atoms with E-state index in [1.165, 1.54) is 0 Å². The standard InChI is InChI=1S/C22H24BrN3O3S/c1-15-11-18(23)12-16(2)20(15)14-24-30(27,28)19-4-5-21-17(13-19)3-6-22(25-21)26-7-9-29-10-8-26/h3-6,11-13,24H,7-10,14H2,1-2H3. The normalized spacial score (nSPS) is 15.0. The Morgan fingerprint density at radius 3 is 2.47 bits per heavy atom. The van der Waals surface area contributed by atoms with Crippen LogP contribution in [0, 0.1) is 13.8 Å². The number of aromatic nitrogens is 1. The van der Waals surface area contributed by atoms with Crippen molar-refractivity contribution in [3.63, 3.8) is 0 Å². The number of hydrogen-bond donors (Lipinski definition) is 1. The zero-order chi connectivity index (χ0) is 21.3. The number of sulfonamides is 1. The van der Waals surface area contributed by atoms with E-state index in [4.69, 9.17) is 9.72 Å². The van der Waals surface area contributed by atoms with Gasteiger partial charge in [0.2, 0.25) is 10.0 Å². The first kappa shape index (κ1) is 21.2. The lowest BCUT2D eigenvalue weighted by Crippen LogP contribution is -2.36. The van der Waals surface area contributed by atoms with Crippen molar-refractivity contribution in [1.29, 1.82) is 0 Å². The van der Waals surface area contributed by atoms with E-state index in [0.29, 0.717) is 13.2 Å². The number of pyridine rings is 1. The molecule has 1 N–H and O–H groups in total. The number of benzene rings is 2. The molecule has 1 saturated heterocycles. The number of nitrogens with zero attached hydrogens (tertiary/aromatic N) is 2. The van der Waals surface area contributed by atoms with Gasteiger partial charge in [-0.25, -0.2) is 18.1 Å². The molecule has 8 heteroatoms. The van der Waals surface area contributed by atoms with E-state index in [2.05, 4.69) is 25.6 Å². The maximum absolute atomic E-state index is 12.9. The lowest BCUT2D eigenvalue weighted by atomic mass is 10.0. The fraction of sp³-hybridized carbons (Fsp3) is 0.318. The zero-order valence-electron chi connectivity index (χ0n) is 17.0. The molecule has 1 aliphatic rings. The maximum Gasteiger partial charge on any atom is 0.240 e. The van der Waals surface area contributed by atoms with Crippen LogP contribution in [0.15, 0.2) is 51.8 Å². The summed E-state index contributed by atoms with van der Waals surface area (Å²) in [4.78, 5) is 7.12. The number of anilines is 1. The SMILES string of the molecule is Cc1cc(Br)cc(C)c1CNS(=O)(=O)c1ccc2nc(N3CCOCC3)ccc2c1. The molecule has 1 fully saturated rings.